The van der Waals surface area contributed by atoms with Crippen molar-refractivity contribution < 1.29 is 0 Å². The quantitative estimate of drug-likeness (QED) is 0.169. The maximum Gasteiger partial charge on any atom is 0.164 e. The van der Waals surface area contributed by atoms with Crippen LogP contribution in [0.1, 0.15) is 0 Å². The molecule has 0 bridgehead atoms. The highest BCUT2D eigenvalue weighted by Crippen LogP contribution is 2.40. The first-order valence-corrected chi connectivity index (χ1v) is 20.7. The van der Waals surface area contributed by atoms with Crippen molar-refractivity contribution in [3.05, 3.63) is 218 Å². The summed E-state index contributed by atoms with van der Waals surface area (Å²) in [6, 6.07) is 77.8. The fourth-order valence-electron chi connectivity index (χ4n) is 9.04. The second kappa shape index (κ2) is 14.3. The van der Waals surface area contributed by atoms with Gasteiger partial charge < -0.3 is 4.57 Å². The van der Waals surface area contributed by atoms with Crippen LogP contribution in [0.5, 0.6) is 0 Å². The number of para-hydroxylation sites is 1. The van der Waals surface area contributed by atoms with Crippen LogP contribution < -0.4 is 0 Å². The molecular formula is C57H36N4. The van der Waals surface area contributed by atoms with E-state index in [1.165, 1.54) is 65.3 Å². The average Bonchev–Trinajstić information content (AvgIpc) is 3.69. The van der Waals surface area contributed by atoms with Crippen molar-refractivity contribution in [2.24, 2.45) is 0 Å². The molecule has 4 nitrogen and oxygen atoms in total. The largest absolute Gasteiger partial charge is 0.309 e. The molecule has 4 heteroatoms. The van der Waals surface area contributed by atoms with Gasteiger partial charge in [-0.2, -0.15) is 0 Å². The molecule has 12 aromatic rings. The number of aromatic nitrogens is 4. The van der Waals surface area contributed by atoms with Crippen LogP contribution in [-0.2, 0) is 0 Å². The van der Waals surface area contributed by atoms with E-state index in [4.69, 9.17) is 15.0 Å². The minimum absolute atomic E-state index is 0.630. The van der Waals surface area contributed by atoms with Gasteiger partial charge in [0.1, 0.15) is 0 Å². The van der Waals surface area contributed by atoms with Gasteiger partial charge in [0.05, 0.1) is 11.0 Å². The van der Waals surface area contributed by atoms with Crippen LogP contribution in [0.2, 0.25) is 0 Å². The van der Waals surface area contributed by atoms with Crippen LogP contribution in [0.4, 0.5) is 0 Å². The standard InChI is InChI=1S/C57H36N4/c1-3-14-40(15-4-1)55-58-56(41-16-5-2-6-17-41)60-57(59-55)45-19-11-20-47(35-45)61-52-24-10-9-22-50(52)54-51-36-43(29-27-39(51)31-32-53(54)61)42-28-25-37-26-30-44(34-46(37)33-42)49-23-12-18-38-13-7-8-21-48(38)49/h1-36H. The third-order valence-electron chi connectivity index (χ3n) is 12.0. The molecule has 2 aromatic heterocycles. The van der Waals surface area contributed by atoms with Crippen molar-refractivity contribution in [2.75, 3.05) is 0 Å². The Kier molecular flexibility index (Phi) is 8.13. The van der Waals surface area contributed by atoms with Gasteiger partial charge in [0.15, 0.2) is 17.5 Å². The number of benzene rings is 10. The molecular weight excluding hydrogens is 741 g/mol. The van der Waals surface area contributed by atoms with E-state index in [0.717, 1.165) is 33.4 Å². The fraction of sp³-hybridized carbons (Fsp3) is 0. The van der Waals surface area contributed by atoms with Crippen molar-refractivity contribution in [3.63, 3.8) is 0 Å². The minimum Gasteiger partial charge on any atom is -0.309 e. The summed E-state index contributed by atoms with van der Waals surface area (Å²) in [7, 11) is 0. The molecule has 0 spiro atoms. The van der Waals surface area contributed by atoms with Crippen LogP contribution in [0.15, 0.2) is 218 Å². The predicted octanol–water partition coefficient (Wildman–Crippen LogP) is 14.8. The lowest BCUT2D eigenvalue weighted by Gasteiger charge is -2.12. The second-order valence-corrected chi connectivity index (χ2v) is 15.6. The monoisotopic (exact) mass is 776 g/mol. The Balaban J connectivity index is 0.990. The zero-order chi connectivity index (χ0) is 40.3. The molecule has 0 N–H and O–H groups in total. The molecule has 0 aliphatic rings. The summed E-state index contributed by atoms with van der Waals surface area (Å²) in [6.45, 7) is 0. The van der Waals surface area contributed by atoms with Gasteiger partial charge in [-0.05, 0) is 97.0 Å². The van der Waals surface area contributed by atoms with Crippen LogP contribution in [0.3, 0.4) is 0 Å². The second-order valence-electron chi connectivity index (χ2n) is 15.6. The van der Waals surface area contributed by atoms with E-state index >= 15 is 0 Å². The summed E-state index contributed by atoms with van der Waals surface area (Å²) in [4.78, 5) is 15.0. The van der Waals surface area contributed by atoms with Gasteiger partial charge in [-0.15, -0.1) is 0 Å². The van der Waals surface area contributed by atoms with E-state index in [2.05, 4.69) is 162 Å². The van der Waals surface area contributed by atoms with Gasteiger partial charge in [0, 0.05) is 33.2 Å². The average molecular weight is 777 g/mol. The van der Waals surface area contributed by atoms with Crippen molar-refractivity contribution in [1.29, 1.82) is 0 Å². The zero-order valence-corrected chi connectivity index (χ0v) is 33.1. The normalized spacial score (nSPS) is 11.6. The van der Waals surface area contributed by atoms with E-state index in [-0.39, 0.29) is 0 Å². The number of fused-ring (bicyclic) bond motifs is 7. The van der Waals surface area contributed by atoms with Gasteiger partial charge >= 0.3 is 0 Å². The third kappa shape index (κ3) is 6.04. The van der Waals surface area contributed by atoms with Gasteiger partial charge in [-0.1, -0.05) is 176 Å². The maximum atomic E-state index is 5.05. The molecule has 12 rings (SSSR count). The van der Waals surface area contributed by atoms with Gasteiger partial charge in [0.25, 0.3) is 0 Å². The van der Waals surface area contributed by atoms with Crippen LogP contribution in [0.25, 0.3) is 116 Å². The molecule has 0 saturated heterocycles. The molecule has 61 heavy (non-hydrogen) atoms. The van der Waals surface area contributed by atoms with Crippen LogP contribution in [-0.4, -0.2) is 19.5 Å². The Labute approximate surface area is 352 Å². The topological polar surface area (TPSA) is 43.6 Å². The van der Waals surface area contributed by atoms with E-state index in [0.29, 0.717) is 17.5 Å². The highest BCUT2D eigenvalue weighted by Gasteiger charge is 2.18. The van der Waals surface area contributed by atoms with E-state index in [1.54, 1.807) is 0 Å². The first-order valence-electron chi connectivity index (χ1n) is 20.7. The lowest BCUT2D eigenvalue weighted by atomic mass is 9.94. The van der Waals surface area contributed by atoms with E-state index in [9.17, 15) is 0 Å². The number of hydrogen-bond acceptors (Lipinski definition) is 3. The van der Waals surface area contributed by atoms with Gasteiger partial charge in [0.2, 0.25) is 0 Å². The Morgan fingerprint density at radius 1 is 0.279 bits per heavy atom. The Morgan fingerprint density at radius 3 is 1.59 bits per heavy atom. The highest BCUT2D eigenvalue weighted by molar-refractivity contribution is 6.22. The minimum atomic E-state index is 0.630. The maximum absolute atomic E-state index is 5.05. The molecule has 0 amide bonds. The predicted molar refractivity (Wildman–Crippen MR) is 254 cm³/mol. The molecule has 2 heterocycles. The van der Waals surface area contributed by atoms with Gasteiger partial charge in [-0.3, -0.25) is 0 Å². The molecule has 10 aromatic carbocycles. The molecule has 0 radical (unpaired) electrons. The van der Waals surface area contributed by atoms with Crippen LogP contribution in [0, 0.1) is 0 Å². The first kappa shape index (κ1) is 34.8. The van der Waals surface area contributed by atoms with E-state index in [1.807, 2.05) is 60.7 Å². The third-order valence-corrected chi connectivity index (χ3v) is 12.0. The molecule has 0 unspecified atom stereocenters. The molecule has 0 saturated carbocycles. The van der Waals surface area contributed by atoms with E-state index < -0.39 is 0 Å². The Bertz CT molecular complexity index is 3580. The summed E-state index contributed by atoms with van der Waals surface area (Å²) < 4.78 is 2.38. The van der Waals surface area contributed by atoms with Crippen LogP contribution >= 0.6 is 0 Å². The first-order chi connectivity index (χ1) is 30.2. The Morgan fingerprint density at radius 2 is 0.820 bits per heavy atom. The summed E-state index contributed by atoms with van der Waals surface area (Å²) in [5, 5.41) is 9.85. The SMILES string of the molecule is c1ccc(-c2nc(-c3ccccc3)nc(-c3cccc(-n4c5ccccc5c5c6cc(-c7ccc8ccc(-c9cccc%10ccccc9%10)cc8c7)ccc6ccc54)c3)n2)cc1. The fourth-order valence-corrected chi connectivity index (χ4v) is 9.04. The number of nitrogens with zero attached hydrogens (tertiary/aromatic N) is 4. The summed E-state index contributed by atoms with van der Waals surface area (Å²) in [6.07, 6.45) is 0. The lowest BCUT2D eigenvalue weighted by molar-refractivity contribution is 1.07. The summed E-state index contributed by atoms with van der Waals surface area (Å²) in [5.74, 6) is 1.92. The van der Waals surface area contributed by atoms with Crippen molar-refractivity contribution in [1.82, 2.24) is 19.5 Å². The Hall–Kier alpha value is -8.21. The smallest absolute Gasteiger partial charge is 0.164 e. The molecule has 284 valence electrons. The number of rotatable bonds is 6. The van der Waals surface area contributed by atoms with Crippen molar-refractivity contribution >= 4 is 54.1 Å². The van der Waals surface area contributed by atoms with Gasteiger partial charge in [-0.25, -0.2) is 15.0 Å². The van der Waals surface area contributed by atoms with Crippen molar-refractivity contribution in [2.45, 2.75) is 0 Å². The lowest BCUT2D eigenvalue weighted by Crippen LogP contribution is -2.01. The summed E-state index contributed by atoms with van der Waals surface area (Å²) >= 11 is 0. The van der Waals surface area contributed by atoms with Crippen molar-refractivity contribution in [3.8, 4) is 62.1 Å². The number of hydrogen-bond donors (Lipinski definition) is 0. The molecule has 0 atom stereocenters. The molecule has 0 aliphatic heterocycles. The summed E-state index contributed by atoms with van der Waals surface area (Å²) in [5.41, 5.74) is 11.0. The highest BCUT2D eigenvalue weighted by atomic mass is 15.0. The molecule has 0 fully saturated rings. The zero-order valence-electron chi connectivity index (χ0n) is 33.1. The molecule has 0 aliphatic carbocycles.